The lowest BCUT2D eigenvalue weighted by Crippen LogP contribution is -2.24. The van der Waals surface area contributed by atoms with Gasteiger partial charge in [0, 0.05) is 6.54 Å². The van der Waals surface area contributed by atoms with Crippen molar-refractivity contribution in [3.63, 3.8) is 0 Å². The highest BCUT2D eigenvalue weighted by Crippen LogP contribution is 2.26. The summed E-state index contributed by atoms with van der Waals surface area (Å²) >= 11 is 6.21. The monoisotopic (exact) mass is 243 g/mol. The van der Waals surface area contributed by atoms with E-state index >= 15 is 0 Å². The smallest absolute Gasteiger partial charge is 0.0834 e. The number of hydrogen-bond acceptors (Lipinski definition) is 2. The lowest BCUT2D eigenvalue weighted by molar-refractivity contribution is 0.453. The van der Waals surface area contributed by atoms with Gasteiger partial charge in [0.1, 0.15) is 0 Å². The second kappa shape index (κ2) is 6.92. The van der Waals surface area contributed by atoms with Crippen molar-refractivity contribution in [1.82, 2.24) is 15.1 Å². The molecule has 0 fully saturated rings. The molecule has 0 saturated carbocycles. The van der Waals surface area contributed by atoms with E-state index in [1.165, 1.54) is 12.8 Å². The third-order valence-corrected chi connectivity index (χ3v) is 3.05. The zero-order chi connectivity index (χ0) is 12.0. The molecule has 0 spiro atoms. The molecule has 3 nitrogen and oxygen atoms in total. The Hall–Kier alpha value is -0.540. The molecule has 1 rings (SSSR count). The minimum absolute atomic E-state index is 0.333. The van der Waals surface area contributed by atoms with Crippen LogP contribution in [0.3, 0.4) is 0 Å². The average molecular weight is 244 g/mol. The maximum Gasteiger partial charge on any atom is 0.0834 e. The maximum absolute atomic E-state index is 6.21. The first-order valence-corrected chi connectivity index (χ1v) is 6.56. The molecule has 1 N–H and O–H groups in total. The van der Waals surface area contributed by atoms with E-state index < -0.39 is 0 Å². The van der Waals surface area contributed by atoms with Crippen molar-refractivity contribution in [3.05, 3.63) is 16.9 Å². The van der Waals surface area contributed by atoms with Gasteiger partial charge in [0.05, 0.1) is 23.0 Å². The molecule has 1 aromatic heterocycles. The third kappa shape index (κ3) is 3.22. The van der Waals surface area contributed by atoms with Gasteiger partial charge in [-0.25, -0.2) is 0 Å². The highest BCUT2D eigenvalue weighted by Gasteiger charge is 2.18. The van der Waals surface area contributed by atoms with Crippen LogP contribution in [0.2, 0.25) is 5.02 Å². The first-order chi connectivity index (χ1) is 7.74. The largest absolute Gasteiger partial charge is 0.309 e. The van der Waals surface area contributed by atoms with E-state index in [1.807, 2.05) is 4.68 Å². The number of aryl methyl sites for hydroxylation is 1. The highest BCUT2D eigenvalue weighted by molar-refractivity contribution is 6.31. The predicted octanol–water partition coefficient (Wildman–Crippen LogP) is 3.40. The summed E-state index contributed by atoms with van der Waals surface area (Å²) in [6, 6.07) is 0.333. The van der Waals surface area contributed by atoms with Crippen LogP contribution >= 0.6 is 11.6 Å². The third-order valence-electron chi connectivity index (χ3n) is 2.76. The Morgan fingerprint density at radius 3 is 2.75 bits per heavy atom. The molecule has 92 valence electrons. The Morgan fingerprint density at radius 1 is 1.44 bits per heavy atom. The van der Waals surface area contributed by atoms with Gasteiger partial charge in [-0.05, 0) is 19.9 Å². The van der Waals surface area contributed by atoms with Crippen LogP contribution in [0.1, 0.15) is 51.8 Å². The molecule has 4 heteroatoms. The van der Waals surface area contributed by atoms with Crippen LogP contribution in [-0.4, -0.2) is 16.3 Å². The number of halogens is 1. The van der Waals surface area contributed by atoms with Crippen molar-refractivity contribution in [1.29, 1.82) is 0 Å². The van der Waals surface area contributed by atoms with E-state index in [9.17, 15) is 0 Å². The Bertz CT molecular complexity index is 309. The van der Waals surface area contributed by atoms with Gasteiger partial charge in [-0.15, -0.1) is 0 Å². The average Bonchev–Trinajstić information content (AvgIpc) is 2.66. The van der Waals surface area contributed by atoms with Crippen LogP contribution in [-0.2, 0) is 6.54 Å². The van der Waals surface area contributed by atoms with Crippen molar-refractivity contribution < 1.29 is 0 Å². The molecule has 0 aliphatic rings. The molecule has 1 unspecified atom stereocenters. The number of nitrogens with one attached hydrogen (secondary N) is 1. The molecule has 16 heavy (non-hydrogen) atoms. The van der Waals surface area contributed by atoms with Gasteiger partial charge in [-0.1, -0.05) is 38.3 Å². The number of unbranched alkanes of at least 4 members (excludes halogenated alkanes) is 1. The maximum atomic E-state index is 6.21. The Morgan fingerprint density at radius 2 is 2.19 bits per heavy atom. The second-order valence-electron chi connectivity index (χ2n) is 3.95. The number of aromatic nitrogens is 2. The van der Waals surface area contributed by atoms with E-state index in [0.29, 0.717) is 6.04 Å². The van der Waals surface area contributed by atoms with E-state index in [1.54, 1.807) is 6.20 Å². The molecule has 0 aliphatic carbocycles. The second-order valence-corrected chi connectivity index (χ2v) is 4.35. The Balaban J connectivity index is 2.85. The normalized spacial score (nSPS) is 13.0. The molecular weight excluding hydrogens is 222 g/mol. The van der Waals surface area contributed by atoms with Gasteiger partial charge in [-0.3, -0.25) is 4.68 Å². The molecule has 1 heterocycles. The fraction of sp³-hybridized carbons (Fsp3) is 0.750. The Labute approximate surface area is 103 Å². The standard InChI is InChI=1S/C12H22ClN3/c1-4-7-8-11(14-5-2)12-10(13)9-15-16(12)6-3/h9,11,14H,4-8H2,1-3H3. The van der Waals surface area contributed by atoms with E-state index in [2.05, 4.69) is 31.2 Å². The van der Waals surface area contributed by atoms with Crippen molar-refractivity contribution in [2.75, 3.05) is 6.54 Å². The van der Waals surface area contributed by atoms with Crippen LogP contribution in [0.5, 0.6) is 0 Å². The summed E-state index contributed by atoms with van der Waals surface area (Å²) in [6.45, 7) is 8.26. The van der Waals surface area contributed by atoms with Gasteiger partial charge in [0.15, 0.2) is 0 Å². The van der Waals surface area contributed by atoms with Crippen molar-refractivity contribution in [3.8, 4) is 0 Å². The fourth-order valence-corrected chi connectivity index (χ4v) is 2.23. The molecule has 0 saturated heterocycles. The lowest BCUT2D eigenvalue weighted by atomic mass is 10.1. The summed E-state index contributed by atoms with van der Waals surface area (Å²) in [4.78, 5) is 0. The van der Waals surface area contributed by atoms with Gasteiger partial charge < -0.3 is 5.32 Å². The summed E-state index contributed by atoms with van der Waals surface area (Å²) in [5.74, 6) is 0. The summed E-state index contributed by atoms with van der Waals surface area (Å²) in [5.41, 5.74) is 1.14. The van der Waals surface area contributed by atoms with Crippen molar-refractivity contribution in [2.24, 2.45) is 0 Å². The molecule has 1 aromatic rings. The zero-order valence-electron chi connectivity index (χ0n) is 10.5. The zero-order valence-corrected chi connectivity index (χ0v) is 11.2. The first kappa shape index (κ1) is 13.5. The fourth-order valence-electron chi connectivity index (χ4n) is 1.96. The van der Waals surface area contributed by atoms with Crippen LogP contribution in [0.4, 0.5) is 0 Å². The molecule has 0 aliphatic heterocycles. The van der Waals surface area contributed by atoms with Crippen LogP contribution < -0.4 is 5.32 Å². The molecule has 1 atom stereocenters. The SMILES string of the molecule is CCCCC(NCC)c1c(Cl)cnn1CC. The summed E-state index contributed by atoms with van der Waals surface area (Å²) in [6.07, 6.45) is 5.29. The Kier molecular flexibility index (Phi) is 5.85. The van der Waals surface area contributed by atoms with Gasteiger partial charge in [0.2, 0.25) is 0 Å². The van der Waals surface area contributed by atoms with Gasteiger partial charge in [-0.2, -0.15) is 5.10 Å². The molecule has 0 aromatic carbocycles. The van der Waals surface area contributed by atoms with Gasteiger partial charge >= 0.3 is 0 Å². The number of hydrogen-bond donors (Lipinski definition) is 1. The van der Waals surface area contributed by atoms with Crippen molar-refractivity contribution >= 4 is 11.6 Å². The topological polar surface area (TPSA) is 29.9 Å². The van der Waals surface area contributed by atoms with E-state index in [4.69, 9.17) is 11.6 Å². The summed E-state index contributed by atoms with van der Waals surface area (Å²) < 4.78 is 1.99. The van der Waals surface area contributed by atoms with Crippen LogP contribution in [0, 0.1) is 0 Å². The van der Waals surface area contributed by atoms with Crippen LogP contribution in [0.25, 0.3) is 0 Å². The minimum Gasteiger partial charge on any atom is -0.309 e. The quantitative estimate of drug-likeness (QED) is 0.796. The molecule has 0 radical (unpaired) electrons. The summed E-state index contributed by atoms with van der Waals surface area (Å²) in [7, 11) is 0. The van der Waals surface area contributed by atoms with Gasteiger partial charge in [0.25, 0.3) is 0 Å². The highest BCUT2D eigenvalue weighted by atomic mass is 35.5. The molecular formula is C12H22ClN3. The van der Waals surface area contributed by atoms with Crippen molar-refractivity contribution in [2.45, 2.75) is 52.6 Å². The molecule has 0 bridgehead atoms. The van der Waals surface area contributed by atoms with Crippen LogP contribution in [0.15, 0.2) is 6.20 Å². The first-order valence-electron chi connectivity index (χ1n) is 6.19. The summed E-state index contributed by atoms with van der Waals surface area (Å²) in [5, 5.41) is 8.56. The lowest BCUT2D eigenvalue weighted by Gasteiger charge is -2.19. The van der Waals surface area contributed by atoms with E-state index in [-0.39, 0.29) is 0 Å². The number of nitrogens with zero attached hydrogens (tertiary/aromatic N) is 2. The van der Waals surface area contributed by atoms with E-state index in [0.717, 1.165) is 30.2 Å². The predicted molar refractivity (Wildman–Crippen MR) is 68.9 cm³/mol. The molecule has 0 amide bonds. The number of rotatable bonds is 7. The minimum atomic E-state index is 0.333.